The summed E-state index contributed by atoms with van der Waals surface area (Å²) in [6, 6.07) is 2.17. The molecule has 2 nitrogen and oxygen atoms in total. The van der Waals surface area contributed by atoms with Crippen molar-refractivity contribution in [3.05, 3.63) is 0 Å². The molecule has 0 aliphatic carbocycles. The molecule has 0 rings (SSSR count). The second-order valence-electron chi connectivity index (χ2n) is 9.57. The zero-order valence-electron chi connectivity index (χ0n) is 21.7. The minimum absolute atomic E-state index is 0.765. The molecule has 0 saturated carbocycles. The molecular formula is C27H58O2Si. The fourth-order valence-electron chi connectivity index (χ4n) is 4.08. The van der Waals surface area contributed by atoms with Gasteiger partial charge in [0.15, 0.2) is 0 Å². The quantitative estimate of drug-likeness (QED) is 0.109. The maximum Gasteiger partial charge on any atom is 0.337 e. The summed E-state index contributed by atoms with van der Waals surface area (Å²) in [7, 11) is -1.93. The smallest absolute Gasteiger partial charge is 0.337 e. The minimum Gasteiger partial charge on any atom is -0.394 e. The molecule has 0 N–H and O–H groups in total. The van der Waals surface area contributed by atoms with Gasteiger partial charge in [0.05, 0.1) is 0 Å². The first-order chi connectivity index (χ1) is 14.6. The van der Waals surface area contributed by atoms with E-state index >= 15 is 0 Å². The molecule has 0 spiro atoms. The van der Waals surface area contributed by atoms with Crippen LogP contribution in [0.2, 0.25) is 12.1 Å². The van der Waals surface area contributed by atoms with E-state index in [4.69, 9.17) is 8.85 Å². The van der Waals surface area contributed by atoms with Crippen LogP contribution in [0.4, 0.5) is 0 Å². The molecule has 3 heteroatoms. The lowest BCUT2D eigenvalue weighted by Crippen LogP contribution is -2.41. The van der Waals surface area contributed by atoms with E-state index in [1.807, 2.05) is 0 Å². The highest BCUT2D eigenvalue weighted by Crippen LogP contribution is 2.21. The van der Waals surface area contributed by atoms with Crippen LogP contribution in [0, 0.1) is 5.92 Å². The first kappa shape index (κ1) is 30.1. The lowest BCUT2D eigenvalue weighted by atomic mass is 10.0. The van der Waals surface area contributed by atoms with E-state index in [2.05, 4.69) is 34.6 Å². The molecule has 1 unspecified atom stereocenters. The summed E-state index contributed by atoms with van der Waals surface area (Å²) in [5, 5.41) is 0. The number of rotatable bonds is 24. The SMILES string of the molecule is CCCCCCCCCCCCCCCCCO[Si](CC)(CC)OCCC(C)CC. The average molecular weight is 443 g/mol. The Balaban J connectivity index is 3.51. The molecule has 0 aromatic heterocycles. The Bertz CT molecular complexity index is 331. The van der Waals surface area contributed by atoms with E-state index in [1.165, 1.54) is 109 Å². The van der Waals surface area contributed by atoms with Gasteiger partial charge in [0.2, 0.25) is 0 Å². The van der Waals surface area contributed by atoms with Gasteiger partial charge in [0, 0.05) is 13.2 Å². The number of unbranched alkanes of at least 4 members (excludes halogenated alkanes) is 14. The number of hydrogen-bond donors (Lipinski definition) is 0. The fourth-order valence-corrected chi connectivity index (χ4v) is 6.49. The van der Waals surface area contributed by atoms with Crippen LogP contribution in [0.5, 0.6) is 0 Å². The molecule has 0 amide bonds. The van der Waals surface area contributed by atoms with Gasteiger partial charge in [-0.05, 0) is 30.8 Å². The minimum atomic E-state index is -1.93. The lowest BCUT2D eigenvalue weighted by Gasteiger charge is -2.29. The topological polar surface area (TPSA) is 18.5 Å². The molecule has 0 heterocycles. The van der Waals surface area contributed by atoms with Gasteiger partial charge in [-0.25, -0.2) is 0 Å². The van der Waals surface area contributed by atoms with Crippen molar-refractivity contribution < 1.29 is 8.85 Å². The van der Waals surface area contributed by atoms with Crippen LogP contribution in [0.1, 0.15) is 144 Å². The van der Waals surface area contributed by atoms with Crippen molar-refractivity contribution in [2.24, 2.45) is 5.92 Å². The van der Waals surface area contributed by atoms with Crippen molar-refractivity contribution in [1.29, 1.82) is 0 Å². The Kier molecular flexibility index (Phi) is 22.4. The summed E-state index contributed by atoms with van der Waals surface area (Å²) in [6.07, 6.45) is 23.6. The monoisotopic (exact) mass is 442 g/mol. The van der Waals surface area contributed by atoms with Crippen molar-refractivity contribution in [1.82, 2.24) is 0 Å². The normalized spacial score (nSPS) is 13.1. The first-order valence-corrected chi connectivity index (χ1v) is 16.1. The molecule has 0 bridgehead atoms. The molecule has 0 aromatic carbocycles. The van der Waals surface area contributed by atoms with Gasteiger partial charge in [-0.15, -0.1) is 0 Å². The molecule has 0 aliphatic rings. The predicted molar refractivity (Wildman–Crippen MR) is 138 cm³/mol. The zero-order chi connectivity index (χ0) is 22.3. The van der Waals surface area contributed by atoms with E-state index in [1.54, 1.807) is 0 Å². The van der Waals surface area contributed by atoms with Gasteiger partial charge >= 0.3 is 8.56 Å². The van der Waals surface area contributed by atoms with Crippen LogP contribution >= 0.6 is 0 Å². The summed E-state index contributed by atoms with van der Waals surface area (Å²) < 4.78 is 12.7. The second-order valence-corrected chi connectivity index (χ2v) is 13.4. The summed E-state index contributed by atoms with van der Waals surface area (Å²) in [4.78, 5) is 0. The average Bonchev–Trinajstić information content (AvgIpc) is 2.77. The van der Waals surface area contributed by atoms with E-state index < -0.39 is 8.56 Å². The maximum atomic E-state index is 6.37. The van der Waals surface area contributed by atoms with Gasteiger partial charge in [-0.1, -0.05) is 131 Å². The van der Waals surface area contributed by atoms with E-state index in [0.29, 0.717) is 0 Å². The van der Waals surface area contributed by atoms with Crippen LogP contribution in [-0.4, -0.2) is 21.8 Å². The molecule has 0 aromatic rings. The maximum absolute atomic E-state index is 6.37. The van der Waals surface area contributed by atoms with Gasteiger partial charge < -0.3 is 8.85 Å². The van der Waals surface area contributed by atoms with Crippen molar-refractivity contribution in [2.75, 3.05) is 13.2 Å². The third-order valence-electron chi connectivity index (χ3n) is 6.86. The lowest BCUT2D eigenvalue weighted by molar-refractivity contribution is 0.157. The fraction of sp³-hybridized carbons (Fsp3) is 1.00. The molecule has 0 aliphatic heterocycles. The summed E-state index contributed by atoms with van der Waals surface area (Å²) >= 11 is 0. The highest BCUT2D eigenvalue weighted by molar-refractivity contribution is 6.67. The van der Waals surface area contributed by atoms with Crippen LogP contribution in [0.3, 0.4) is 0 Å². The van der Waals surface area contributed by atoms with E-state index in [-0.39, 0.29) is 0 Å². The van der Waals surface area contributed by atoms with Crippen LogP contribution in [0.15, 0.2) is 0 Å². The van der Waals surface area contributed by atoms with Crippen molar-refractivity contribution in [2.45, 2.75) is 156 Å². The highest BCUT2D eigenvalue weighted by atomic mass is 28.4. The van der Waals surface area contributed by atoms with E-state index in [9.17, 15) is 0 Å². The van der Waals surface area contributed by atoms with Crippen LogP contribution < -0.4 is 0 Å². The summed E-state index contributed by atoms with van der Waals surface area (Å²) in [5.41, 5.74) is 0. The van der Waals surface area contributed by atoms with Crippen LogP contribution in [-0.2, 0) is 8.85 Å². The molecule has 1 atom stereocenters. The summed E-state index contributed by atoms with van der Waals surface area (Å²) in [6.45, 7) is 13.2. The molecule has 0 radical (unpaired) electrons. The molecule has 182 valence electrons. The Hall–Kier alpha value is 0.137. The second kappa shape index (κ2) is 22.3. The zero-order valence-corrected chi connectivity index (χ0v) is 22.7. The third-order valence-corrected chi connectivity index (χ3v) is 10.5. The van der Waals surface area contributed by atoms with Crippen molar-refractivity contribution >= 4 is 8.56 Å². The number of hydrogen-bond acceptors (Lipinski definition) is 2. The standard InChI is InChI=1S/C27H58O2Si/c1-6-10-11-12-13-14-15-16-17-18-19-20-21-22-23-25-28-30(8-3,9-4)29-26-24-27(5)7-2/h27H,6-26H2,1-5H3. The molecule has 0 fully saturated rings. The predicted octanol–water partition coefficient (Wildman–Crippen LogP) is 9.81. The molecule has 30 heavy (non-hydrogen) atoms. The molecular weight excluding hydrogens is 384 g/mol. The Morgan fingerprint density at radius 2 is 0.933 bits per heavy atom. The molecule has 0 saturated heterocycles. The Morgan fingerprint density at radius 1 is 0.533 bits per heavy atom. The Labute approximate surface area is 192 Å². The Morgan fingerprint density at radius 3 is 1.33 bits per heavy atom. The van der Waals surface area contributed by atoms with Gasteiger partial charge in [0.25, 0.3) is 0 Å². The van der Waals surface area contributed by atoms with E-state index in [0.717, 1.165) is 31.2 Å². The van der Waals surface area contributed by atoms with Gasteiger partial charge in [-0.2, -0.15) is 0 Å². The largest absolute Gasteiger partial charge is 0.394 e. The first-order valence-electron chi connectivity index (χ1n) is 13.9. The van der Waals surface area contributed by atoms with Crippen LogP contribution in [0.25, 0.3) is 0 Å². The van der Waals surface area contributed by atoms with Gasteiger partial charge in [-0.3, -0.25) is 0 Å². The third kappa shape index (κ3) is 17.8. The summed E-state index contributed by atoms with van der Waals surface area (Å²) in [5.74, 6) is 0.765. The van der Waals surface area contributed by atoms with Crippen molar-refractivity contribution in [3.8, 4) is 0 Å². The van der Waals surface area contributed by atoms with Gasteiger partial charge in [0.1, 0.15) is 0 Å². The highest BCUT2D eigenvalue weighted by Gasteiger charge is 2.33. The van der Waals surface area contributed by atoms with Crippen molar-refractivity contribution in [3.63, 3.8) is 0 Å².